The number of aromatic nitrogens is 4. The fourth-order valence-electron chi connectivity index (χ4n) is 2.88. The van der Waals surface area contributed by atoms with Gasteiger partial charge in [0.05, 0.1) is 6.33 Å². The van der Waals surface area contributed by atoms with Gasteiger partial charge in [0.1, 0.15) is 6.33 Å². The minimum Gasteiger partial charge on any atom is -0.481 e. The van der Waals surface area contributed by atoms with Crippen LogP contribution >= 0.6 is 0 Å². The first-order chi connectivity index (χ1) is 10.8. The lowest BCUT2D eigenvalue weighted by Crippen LogP contribution is -2.52. The van der Waals surface area contributed by atoms with E-state index in [1.807, 2.05) is 0 Å². The summed E-state index contributed by atoms with van der Waals surface area (Å²) < 4.78 is 41.3. The number of anilines is 1. The van der Waals surface area contributed by atoms with Gasteiger partial charge in [-0.15, -0.1) is 0 Å². The maximum atomic E-state index is 13.2. The van der Waals surface area contributed by atoms with Crippen molar-refractivity contribution in [3.05, 3.63) is 12.7 Å². The number of alkyl halides is 3. The average molecular weight is 329 g/mol. The molecule has 124 valence electrons. The van der Waals surface area contributed by atoms with Crippen molar-refractivity contribution in [3.8, 4) is 0 Å². The fraction of sp³-hybridized carbons (Fsp3) is 0.538. The molecule has 1 fully saturated rings. The number of nitrogens with zero attached hydrogens (tertiary/aromatic N) is 5. The SMILES string of the molecule is Cn1cnc2c(N3CCC(C(=O)O)(C(F)(F)F)CC3)ncnc21. The molecule has 0 atom stereocenters. The second-order valence-electron chi connectivity index (χ2n) is 5.60. The van der Waals surface area contributed by atoms with E-state index in [2.05, 4.69) is 15.0 Å². The van der Waals surface area contributed by atoms with Gasteiger partial charge >= 0.3 is 12.1 Å². The fourth-order valence-corrected chi connectivity index (χ4v) is 2.88. The molecule has 7 nitrogen and oxygen atoms in total. The Hall–Kier alpha value is -2.39. The Balaban J connectivity index is 1.90. The summed E-state index contributed by atoms with van der Waals surface area (Å²) in [5, 5.41) is 9.08. The van der Waals surface area contributed by atoms with E-state index in [-0.39, 0.29) is 13.1 Å². The number of hydrogen-bond donors (Lipinski definition) is 1. The highest BCUT2D eigenvalue weighted by Gasteiger charge is 2.61. The number of carboxylic acids is 1. The van der Waals surface area contributed by atoms with E-state index in [9.17, 15) is 18.0 Å². The van der Waals surface area contributed by atoms with Gasteiger partial charge in [0.25, 0.3) is 0 Å². The molecule has 1 N–H and O–H groups in total. The molecule has 0 aromatic carbocycles. The zero-order valence-corrected chi connectivity index (χ0v) is 12.2. The van der Waals surface area contributed by atoms with Crippen LogP contribution in [0.1, 0.15) is 12.8 Å². The van der Waals surface area contributed by atoms with Crippen molar-refractivity contribution >= 4 is 23.0 Å². The van der Waals surface area contributed by atoms with Crippen LogP contribution in [0.5, 0.6) is 0 Å². The maximum absolute atomic E-state index is 13.2. The largest absolute Gasteiger partial charge is 0.481 e. The molecule has 3 rings (SSSR count). The molecule has 0 bridgehead atoms. The summed E-state index contributed by atoms with van der Waals surface area (Å²) in [5.74, 6) is -1.40. The van der Waals surface area contributed by atoms with Crippen molar-refractivity contribution in [2.45, 2.75) is 19.0 Å². The maximum Gasteiger partial charge on any atom is 0.405 e. The molecular weight excluding hydrogens is 315 g/mol. The Labute approximate surface area is 128 Å². The summed E-state index contributed by atoms with van der Waals surface area (Å²) in [5.41, 5.74) is -1.63. The summed E-state index contributed by atoms with van der Waals surface area (Å²) >= 11 is 0. The lowest BCUT2D eigenvalue weighted by Gasteiger charge is -2.40. The molecular formula is C13H14F3N5O2. The first-order valence-corrected chi connectivity index (χ1v) is 6.93. The van der Waals surface area contributed by atoms with Gasteiger partial charge < -0.3 is 14.6 Å². The number of aliphatic carboxylic acids is 1. The van der Waals surface area contributed by atoms with Crippen molar-refractivity contribution in [1.29, 1.82) is 0 Å². The smallest absolute Gasteiger partial charge is 0.405 e. The Bertz CT molecular complexity index is 750. The molecule has 2 aromatic rings. The van der Waals surface area contributed by atoms with Crippen molar-refractivity contribution in [1.82, 2.24) is 19.5 Å². The second kappa shape index (κ2) is 5.07. The van der Waals surface area contributed by atoms with Gasteiger partial charge in [-0.1, -0.05) is 0 Å². The summed E-state index contributed by atoms with van der Waals surface area (Å²) in [6, 6.07) is 0. The van der Waals surface area contributed by atoms with E-state index < -0.39 is 30.4 Å². The molecule has 1 aliphatic rings. The molecule has 1 saturated heterocycles. The predicted molar refractivity (Wildman–Crippen MR) is 73.9 cm³/mol. The zero-order chi connectivity index (χ0) is 16.8. The molecule has 3 heterocycles. The van der Waals surface area contributed by atoms with Crippen molar-refractivity contribution in [3.63, 3.8) is 0 Å². The molecule has 23 heavy (non-hydrogen) atoms. The van der Waals surface area contributed by atoms with Gasteiger partial charge in [0.15, 0.2) is 22.4 Å². The highest BCUT2D eigenvalue weighted by molar-refractivity contribution is 5.83. The Morgan fingerprint density at radius 1 is 1.26 bits per heavy atom. The van der Waals surface area contributed by atoms with Crippen molar-refractivity contribution < 1.29 is 23.1 Å². The number of piperidine rings is 1. The van der Waals surface area contributed by atoms with Gasteiger partial charge in [-0.05, 0) is 12.8 Å². The summed E-state index contributed by atoms with van der Waals surface area (Å²) in [4.78, 5) is 25.2. The minimum atomic E-state index is -4.78. The number of hydrogen-bond acceptors (Lipinski definition) is 5. The Morgan fingerprint density at radius 3 is 2.48 bits per heavy atom. The molecule has 0 saturated carbocycles. The number of carbonyl (C=O) groups is 1. The lowest BCUT2D eigenvalue weighted by atomic mass is 9.77. The van der Waals surface area contributed by atoms with Crippen LogP contribution in [-0.4, -0.2) is 49.9 Å². The van der Waals surface area contributed by atoms with Gasteiger partial charge in [0.2, 0.25) is 0 Å². The lowest BCUT2D eigenvalue weighted by molar-refractivity contribution is -0.236. The van der Waals surface area contributed by atoms with Gasteiger partial charge in [0, 0.05) is 20.1 Å². The van der Waals surface area contributed by atoms with Crippen LogP contribution in [0.4, 0.5) is 19.0 Å². The third-order valence-corrected chi connectivity index (χ3v) is 4.35. The van der Waals surface area contributed by atoms with E-state index in [1.54, 1.807) is 22.8 Å². The number of fused-ring (bicyclic) bond motifs is 1. The van der Waals surface area contributed by atoms with Crippen LogP contribution in [0.2, 0.25) is 0 Å². The summed E-state index contributed by atoms with van der Waals surface area (Å²) in [6.45, 7) is -0.122. The minimum absolute atomic E-state index is 0.0610. The normalized spacial score (nSPS) is 18.3. The van der Waals surface area contributed by atoms with Crippen molar-refractivity contribution in [2.75, 3.05) is 18.0 Å². The summed E-state index contributed by atoms with van der Waals surface area (Å²) in [7, 11) is 1.75. The standard InChI is InChI=1S/C13H14F3N5O2/c1-20-7-19-8-9(20)17-6-18-10(8)21-4-2-12(3-5-21,11(22)23)13(14,15)16/h6-7H,2-5H2,1H3,(H,22,23). The molecule has 0 radical (unpaired) electrons. The van der Waals surface area contributed by atoms with Crippen LogP contribution in [0, 0.1) is 5.41 Å². The van der Waals surface area contributed by atoms with Gasteiger partial charge in [-0.3, -0.25) is 4.79 Å². The highest BCUT2D eigenvalue weighted by atomic mass is 19.4. The van der Waals surface area contributed by atoms with Crippen molar-refractivity contribution in [2.24, 2.45) is 12.5 Å². The quantitative estimate of drug-likeness (QED) is 0.901. The predicted octanol–water partition coefficient (Wildman–Crippen LogP) is 1.60. The third-order valence-electron chi connectivity index (χ3n) is 4.35. The van der Waals surface area contributed by atoms with Gasteiger partial charge in [-0.2, -0.15) is 13.2 Å². The van der Waals surface area contributed by atoms with E-state index in [0.29, 0.717) is 17.0 Å². The van der Waals surface area contributed by atoms with Crippen LogP contribution in [0.15, 0.2) is 12.7 Å². The topological polar surface area (TPSA) is 84.1 Å². The van der Waals surface area contributed by atoms with E-state index in [1.165, 1.54) is 6.33 Å². The molecule has 2 aromatic heterocycles. The van der Waals surface area contributed by atoms with Crippen LogP contribution in [0.3, 0.4) is 0 Å². The molecule has 0 spiro atoms. The molecule has 0 aliphatic carbocycles. The average Bonchev–Trinajstić information content (AvgIpc) is 2.88. The molecule has 0 unspecified atom stereocenters. The first kappa shape index (κ1) is 15.5. The number of aryl methyl sites for hydroxylation is 1. The number of rotatable bonds is 2. The molecule has 10 heteroatoms. The Morgan fingerprint density at radius 2 is 1.91 bits per heavy atom. The monoisotopic (exact) mass is 329 g/mol. The number of carboxylic acid groups (broad SMARTS) is 1. The number of halogens is 3. The zero-order valence-electron chi connectivity index (χ0n) is 12.2. The number of imidazole rings is 1. The van der Waals surface area contributed by atoms with Crippen LogP contribution < -0.4 is 4.90 Å². The van der Waals surface area contributed by atoms with E-state index in [0.717, 1.165) is 0 Å². The third kappa shape index (κ3) is 2.28. The van der Waals surface area contributed by atoms with E-state index in [4.69, 9.17) is 5.11 Å². The summed E-state index contributed by atoms with van der Waals surface area (Å²) in [6.07, 6.45) is -2.96. The van der Waals surface area contributed by atoms with Crippen LogP contribution in [0.25, 0.3) is 11.2 Å². The first-order valence-electron chi connectivity index (χ1n) is 6.93. The highest BCUT2D eigenvalue weighted by Crippen LogP contribution is 2.47. The Kier molecular flexibility index (Phi) is 3.42. The van der Waals surface area contributed by atoms with Gasteiger partial charge in [-0.25, -0.2) is 15.0 Å². The molecule has 0 amide bonds. The molecule has 1 aliphatic heterocycles. The van der Waals surface area contributed by atoms with E-state index >= 15 is 0 Å². The second-order valence-corrected chi connectivity index (χ2v) is 5.60. The van der Waals surface area contributed by atoms with Crippen LogP contribution in [-0.2, 0) is 11.8 Å².